The Hall–Kier alpha value is -0.920. The summed E-state index contributed by atoms with van der Waals surface area (Å²) in [7, 11) is -3.01. The van der Waals surface area contributed by atoms with Crippen molar-refractivity contribution in [1.29, 1.82) is 0 Å². The lowest BCUT2D eigenvalue weighted by molar-refractivity contribution is -0.122. The molecule has 1 saturated heterocycles. The predicted molar refractivity (Wildman–Crippen MR) is 85.8 cm³/mol. The Morgan fingerprint density at radius 1 is 1.43 bits per heavy atom. The third kappa shape index (κ3) is 5.09. The van der Waals surface area contributed by atoms with Crippen molar-refractivity contribution in [2.75, 3.05) is 18.1 Å². The molecule has 1 fully saturated rings. The van der Waals surface area contributed by atoms with E-state index in [2.05, 4.69) is 26.6 Å². The van der Waals surface area contributed by atoms with E-state index >= 15 is 0 Å². The zero-order valence-corrected chi connectivity index (χ0v) is 14.2. The molecule has 0 spiro atoms. The Morgan fingerprint density at radius 3 is 2.71 bits per heavy atom. The van der Waals surface area contributed by atoms with Gasteiger partial charge in [0.15, 0.2) is 9.84 Å². The highest BCUT2D eigenvalue weighted by Gasteiger charge is 2.26. The highest BCUT2D eigenvalue weighted by molar-refractivity contribution is 9.10. The van der Waals surface area contributed by atoms with Gasteiger partial charge in [-0.2, -0.15) is 0 Å². The topological polar surface area (TPSA) is 75.3 Å². The largest absolute Gasteiger partial charge is 0.350 e. The van der Waals surface area contributed by atoms with Crippen LogP contribution in [-0.4, -0.2) is 38.4 Å². The van der Waals surface area contributed by atoms with Crippen LogP contribution in [0, 0.1) is 0 Å². The number of benzene rings is 1. The molecule has 0 radical (unpaired) electrons. The van der Waals surface area contributed by atoms with E-state index in [1.54, 1.807) is 0 Å². The Bertz CT molecular complexity index is 601. The summed E-state index contributed by atoms with van der Waals surface area (Å²) >= 11 is 3.37. The second-order valence-corrected chi connectivity index (χ2v) is 8.45. The van der Waals surface area contributed by atoms with Crippen molar-refractivity contribution >= 4 is 31.7 Å². The molecule has 0 bridgehead atoms. The SMILES string of the molecule is C[C@@H](NC(=O)CC1CS(=O)(=O)CCN1)c1ccc(Br)cc1. The minimum Gasteiger partial charge on any atom is -0.350 e. The number of rotatable bonds is 4. The van der Waals surface area contributed by atoms with E-state index in [-0.39, 0.29) is 35.9 Å². The van der Waals surface area contributed by atoms with Gasteiger partial charge in [-0.3, -0.25) is 4.79 Å². The van der Waals surface area contributed by atoms with Crippen molar-refractivity contribution in [3.63, 3.8) is 0 Å². The summed E-state index contributed by atoms with van der Waals surface area (Å²) in [5, 5.41) is 5.98. The van der Waals surface area contributed by atoms with Crippen LogP contribution < -0.4 is 10.6 Å². The zero-order chi connectivity index (χ0) is 15.5. The molecule has 1 aliphatic heterocycles. The van der Waals surface area contributed by atoms with Crippen LogP contribution >= 0.6 is 15.9 Å². The zero-order valence-electron chi connectivity index (χ0n) is 11.8. The van der Waals surface area contributed by atoms with E-state index in [1.807, 2.05) is 31.2 Å². The first kappa shape index (κ1) is 16.5. The first-order valence-corrected chi connectivity index (χ1v) is 9.46. The van der Waals surface area contributed by atoms with Crippen LogP contribution in [0.1, 0.15) is 24.9 Å². The first-order chi connectivity index (χ1) is 9.85. The van der Waals surface area contributed by atoms with Gasteiger partial charge in [0.2, 0.25) is 5.91 Å². The molecule has 116 valence electrons. The number of carbonyl (C=O) groups excluding carboxylic acids is 1. The lowest BCUT2D eigenvalue weighted by atomic mass is 10.1. The quantitative estimate of drug-likeness (QED) is 0.835. The maximum atomic E-state index is 12.0. The molecule has 1 heterocycles. The first-order valence-electron chi connectivity index (χ1n) is 6.84. The fourth-order valence-corrected chi connectivity index (χ4v) is 4.07. The van der Waals surface area contributed by atoms with Gasteiger partial charge < -0.3 is 10.6 Å². The molecule has 1 amide bonds. The summed E-state index contributed by atoms with van der Waals surface area (Å²) in [6, 6.07) is 7.34. The number of hydrogen-bond acceptors (Lipinski definition) is 4. The molecule has 1 aliphatic rings. The van der Waals surface area contributed by atoms with E-state index < -0.39 is 9.84 Å². The number of carbonyl (C=O) groups is 1. The smallest absolute Gasteiger partial charge is 0.222 e. The van der Waals surface area contributed by atoms with Gasteiger partial charge in [0.1, 0.15) is 0 Å². The van der Waals surface area contributed by atoms with Gasteiger partial charge in [0, 0.05) is 23.5 Å². The van der Waals surface area contributed by atoms with E-state index in [4.69, 9.17) is 0 Å². The Kier molecular flexibility index (Phi) is 5.40. The molecule has 5 nitrogen and oxygen atoms in total. The summed E-state index contributed by atoms with van der Waals surface area (Å²) in [5.74, 6) is 0.0491. The maximum absolute atomic E-state index is 12.0. The summed E-state index contributed by atoms with van der Waals surface area (Å²) in [6.45, 7) is 2.33. The van der Waals surface area contributed by atoms with E-state index in [1.165, 1.54) is 0 Å². The fraction of sp³-hybridized carbons (Fsp3) is 0.500. The van der Waals surface area contributed by atoms with Gasteiger partial charge in [-0.25, -0.2) is 8.42 Å². The second kappa shape index (κ2) is 6.89. The van der Waals surface area contributed by atoms with Gasteiger partial charge in [-0.15, -0.1) is 0 Å². The van der Waals surface area contributed by atoms with E-state index in [9.17, 15) is 13.2 Å². The Balaban J connectivity index is 1.88. The van der Waals surface area contributed by atoms with Gasteiger partial charge in [-0.1, -0.05) is 28.1 Å². The third-order valence-electron chi connectivity index (χ3n) is 3.48. The molecule has 2 rings (SSSR count). The van der Waals surface area contributed by atoms with Crippen molar-refractivity contribution in [3.05, 3.63) is 34.3 Å². The molecule has 2 atom stereocenters. The average molecular weight is 375 g/mol. The van der Waals surface area contributed by atoms with Gasteiger partial charge in [-0.05, 0) is 24.6 Å². The number of halogens is 1. The van der Waals surface area contributed by atoms with E-state index in [0.717, 1.165) is 10.0 Å². The molecule has 1 aromatic rings. The van der Waals surface area contributed by atoms with Crippen LogP contribution in [0.3, 0.4) is 0 Å². The maximum Gasteiger partial charge on any atom is 0.222 e. The lowest BCUT2D eigenvalue weighted by Gasteiger charge is -2.24. The Labute approximate surface area is 133 Å². The van der Waals surface area contributed by atoms with Crippen LogP contribution in [0.2, 0.25) is 0 Å². The molecule has 2 N–H and O–H groups in total. The second-order valence-electron chi connectivity index (χ2n) is 5.31. The van der Waals surface area contributed by atoms with Crippen LogP contribution in [-0.2, 0) is 14.6 Å². The monoisotopic (exact) mass is 374 g/mol. The Morgan fingerprint density at radius 2 is 2.10 bits per heavy atom. The fourth-order valence-electron chi connectivity index (χ4n) is 2.36. The van der Waals surface area contributed by atoms with Gasteiger partial charge >= 0.3 is 0 Å². The molecule has 7 heteroatoms. The average Bonchev–Trinajstić information content (AvgIpc) is 2.37. The molecule has 21 heavy (non-hydrogen) atoms. The molecule has 0 aromatic heterocycles. The van der Waals surface area contributed by atoms with Crippen LogP contribution in [0.15, 0.2) is 28.7 Å². The summed E-state index contributed by atoms with van der Waals surface area (Å²) in [5.41, 5.74) is 1.01. The van der Waals surface area contributed by atoms with Crippen molar-refractivity contribution in [2.24, 2.45) is 0 Å². The van der Waals surface area contributed by atoms with Crippen LogP contribution in [0.5, 0.6) is 0 Å². The van der Waals surface area contributed by atoms with Crippen molar-refractivity contribution in [3.8, 4) is 0 Å². The summed E-state index contributed by atoms with van der Waals surface area (Å²) < 4.78 is 24.1. The van der Waals surface area contributed by atoms with Crippen molar-refractivity contribution < 1.29 is 13.2 Å². The number of nitrogens with one attached hydrogen (secondary N) is 2. The number of hydrogen-bond donors (Lipinski definition) is 2. The minimum absolute atomic E-state index is 0.0348. The van der Waals surface area contributed by atoms with Gasteiger partial charge in [0.05, 0.1) is 17.5 Å². The molecular formula is C14H19BrN2O3S. The van der Waals surface area contributed by atoms with Crippen LogP contribution in [0.4, 0.5) is 0 Å². The van der Waals surface area contributed by atoms with Crippen molar-refractivity contribution in [2.45, 2.75) is 25.4 Å². The van der Waals surface area contributed by atoms with Crippen molar-refractivity contribution in [1.82, 2.24) is 10.6 Å². The standard InChI is InChI=1S/C14H19BrN2O3S/c1-10(11-2-4-12(15)5-3-11)17-14(18)8-13-9-21(19,20)7-6-16-13/h2-5,10,13,16H,6-9H2,1H3,(H,17,18)/t10-,13?/m1/s1. The summed E-state index contributed by atoms with van der Waals surface area (Å²) in [6.07, 6.45) is 0.181. The highest BCUT2D eigenvalue weighted by atomic mass is 79.9. The predicted octanol–water partition coefficient (Wildman–Crippen LogP) is 1.40. The van der Waals surface area contributed by atoms with E-state index in [0.29, 0.717) is 6.54 Å². The third-order valence-corrected chi connectivity index (χ3v) is 5.75. The lowest BCUT2D eigenvalue weighted by Crippen LogP contribution is -2.47. The molecule has 1 aromatic carbocycles. The summed E-state index contributed by atoms with van der Waals surface area (Å²) in [4.78, 5) is 12.0. The minimum atomic E-state index is -3.01. The molecule has 0 aliphatic carbocycles. The van der Waals surface area contributed by atoms with Gasteiger partial charge in [0.25, 0.3) is 0 Å². The molecule has 0 saturated carbocycles. The molecular weight excluding hydrogens is 356 g/mol. The normalized spacial score (nSPS) is 22.5. The molecule has 1 unspecified atom stereocenters. The van der Waals surface area contributed by atoms with Crippen LogP contribution in [0.25, 0.3) is 0 Å². The number of amides is 1. The highest BCUT2D eigenvalue weighted by Crippen LogP contribution is 2.16. The number of sulfone groups is 1.